The Hall–Kier alpha value is -1.38. The zero-order valence-corrected chi connectivity index (χ0v) is 11.6. The monoisotopic (exact) mass is 262 g/mol. The molecule has 0 spiro atoms. The quantitative estimate of drug-likeness (QED) is 0.613. The van der Waals surface area contributed by atoms with Crippen LogP contribution in [0.5, 0.6) is 0 Å². The second-order valence-electron chi connectivity index (χ2n) is 4.45. The minimum atomic E-state index is 0.445. The van der Waals surface area contributed by atoms with Gasteiger partial charge >= 0.3 is 0 Å². The van der Waals surface area contributed by atoms with E-state index in [1.54, 1.807) is 12.1 Å². The summed E-state index contributed by atoms with van der Waals surface area (Å²) in [5, 5.41) is 8.87. The second-order valence-corrected chi connectivity index (χ2v) is 5.74. The first-order chi connectivity index (χ1) is 8.70. The Morgan fingerprint density at radius 1 is 1.33 bits per heavy atom. The molecule has 0 N–H and O–H groups in total. The highest BCUT2D eigenvalue weighted by molar-refractivity contribution is 7.98. The smallest absolute Gasteiger partial charge is 0.179 e. The van der Waals surface area contributed by atoms with Gasteiger partial charge in [0.1, 0.15) is 0 Å². The van der Waals surface area contributed by atoms with E-state index >= 15 is 0 Å². The molecule has 0 radical (unpaired) electrons. The Bertz CT molecular complexity index is 417. The van der Waals surface area contributed by atoms with Crippen LogP contribution in [0.25, 0.3) is 0 Å². The predicted octanol–water partition coefficient (Wildman–Crippen LogP) is 2.17. The number of likely N-dealkylation sites (N-methyl/N-ethyl adjacent to an activating group) is 1. The molecule has 18 heavy (non-hydrogen) atoms. The highest BCUT2D eigenvalue weighted by Crippen LogP contribution is 2.26. The number of anilines is 1. The number of rotatable bonds is 4. The molecule has 0 saturated carbocycles. The van der Waals surface area contributed by atoms with Crippen molar-refractivity contribution in [3.05, 3.63) is 30.3 Å². The summed E-state index contributed by atoms with van der Waals surface area (Å²) in [4.78, 5) is 1.82. The zero-order valence-electron chi connectivity index (χ0n) is 10.8. The summed E-state index contributed by atoms with van der Waals surface area (Å²) < 4.78 is 4.39. The van der Waals surface area contributed by atoms with Gasteiger partial charge in [-0.3, -0.25) is 0 Å². The Kier molecular flexibility index (Phi) is 4.34. The number of hydrogen-bond donors (Lipinski definition) is 0. The average molecular weight is 262 g/mol. The second kappa shape index (κ2) is 5.98. The van der Waals surface area contributed by atoms with Gasteiger partial charge in [0, 0.05) is 44.0 Å². The van der Waals surface area contributed by atoms with Gasteiger partial charge in [-0.15, -0.1) is 0 Å². The Morgan fingerprint density at radius 3 is 2.67 bits per heavy atom. The number of nitrogens with zero attached hydrogens (tertiary/aromatic N) is 4. The van der Waals surface area contributed by atoms with Crippen molar-refractivity contribution in [3.63, 3.8) is 0 Å². The van der Waals surface area contributed by atoms with Gasteiger partial charge in [-0.2, -0.15) is 5.26 Å². The molecule has 0 amide bonds. The topological polar surface area (TPSA) is 33.5 Å². The third-order valence-corrected chi connectivity index (χ3v) is 4.20. The fraction of sp³-hybridized carbons (Fsp3) is 0.462. The van der Waals surface area contributed by atoms with Crippen LogP contribution in [-0.4, -0.2) is 42.4 Å². The average Bonchev–Trinajstić information content (AvgIpc) is 2.88. The lowest BCUT2D eigenvalue weighted by atomic mass is 10.3. The SMILES string of the molecule is CN(SN(C)C1CCN(C#N)C1)c1ccccc1. The van der Waals surface area contributed by atoms with Gasteiger partial charge in [-0.1, -0.05) is 18.2 Å². The Balaban J connectivity index is 1.88. The largest absolute Gasteiger partial charge is 0.309 e. The molecule has 1 atom stereocenters. The van der Waals surface area contributed by atoms with Crippen molar-refractivity contribution in [1.82, 2.24) is 9.21 Å². The standard InChI is InChI=1S/C13H18N4S/c1-15(12-6-4-3-5-7-12)18-16(2)13-8-9-17(10-13)11-14/h3-7,13H,8-10H2,1-2H3. The minimum Gasteiger partial charge on any atom is -0.309 e. The highest BCUT2D eigenvalue weighted by atomic mass is 32.2. The van der Waals surface area contributed by atoms with E-state index in [1.807, 2.05) is 23.1 Å². The van der Waals surface area contributed by atoms with Gasteiger partial charge in [0.25, 0.3) is 0 Å². The van der Waals surface area contributed by atoms with Gasteiger partial charge in [-0.05, 0) is 25.6 Å². The molecule has 1 aliphatic heterocycles. The Morgan fingerprint density at radius 2 is 2.06 bits per heavy atom. The van der Waals surface area contributed by atoms with Crippen molar-refractivity contribution in [2.24, 2.45) is 0 Å². The van der Waals surface area contributed by atoms with Crippen LogP contribution in [0.15, 0.2) is 30.3 Å². The van der Waals surface area contributed by atoms with Crippen molar-refractivity contribution >= 4 is 17.8 Å². The molecule has 1 heterocycles. The van der Waals surface area contributed by atoms with Crippen molar-refractivity contribution in [2.45, 2.75) is 12.5 Å². The van der Waals surface area contributed by atoms with E-state index < -0.39 is 0 Å². The molecule has 1 aliphatic rings. The van der Waals surface area contributed by atoms with Crippen LogP contribution in [0, 0.1) is 11.5 Å². The van der Waals surface area contributed by atoms with E-state index in [-0.39, 0.29) is 0 Å². The molecular weight excluding hydrogens is 244 g/mol. The number of benzene rings is 1. The maximum absolute atomic E-state index is 8.87. The van der Waals surface area contributed by atoms with Gasteiger partial charge in [0.2, 0.25) is 0 Å². The fourth-order valence-corrected chi connectivity index (χ4v) is 2.98. The summed E-state index contributed by atoms with van der Waals surface area (Å²) >= 11 is 1.69. The van der Waals surface area contributed by atoms with Crippen molar-refractivity contribution in [3.8, 4) is 6.19 Å². The number of para-hydroxylation sites is 1. The summed E-state index contributed by atoms with van der Waals surface area (Å²) in [6.45, 7) is 1.71. The lowest BCUT2D eigenvalue weighted by Crippen LogP contribution is -2.31. The molecule has 2 rings (SSSR count). The van der Waals surface area contributed by atoms with E-state index in [4.69, 9.17) is 5.26 Å². The molecule has 5 heteroatoms. The lowest BCUT2D eigenvalue weighted by Gasteiger charge is -2.28. The van der Waals surface area contributed by atoms with E-state index in [9.17, 15) is 0 Å². The zero-order chi connectivity index (χ0) is 13.0. The first-order valence-electron chi connectivity index (χ1n) is 6.05. The molecular formula is C13H18N4S. The molecule has 4 nitrogen and oxygen atoms in total. The highest BCUT2D eigenvalue weighted by Gasteiger charge is 2.26. The van der Waals surface area contributed by atoms with Crippen LogP contribution >= 0.6 is 12.1 Å². The molecule has 0 bridgehead atoms. The van der Waals surface area contributed by atoms with Crippen LogP contribution in [0.3, 0.4) is 0 Å². The van der Waals surface area contributed by atoms with Crippen LogP contribution in [-0.2, 0) is 0 Å². The fourth-order valence-electron chi connectivity index (χ4n) is 2.07. The molecule has 0 aromatic heterocycles. The predicted molar refractivity (Wildman–Crippen MR) is 75.8 cm³/mol. The minimum absolute atomic E-state index is 0.445. The number of likely N-dealkylation sites (tertiary alicyclic amines) is 1. The number of hydrogen-bond acceptors (Lipinski definition) is 5. The lowest BCUT2D eigenvalue weighted by molar-refractivity contribution is 0.396. The first kappa shape index (κ1) is 13.1. The van der Waals surface area contributed by atoms with E-state index in [0.29, 0.717) is 6.04 Å². The molecule has 1 aromatic rings. The van der Waals surface area contributed by atoms with Crippen molar-refractivity contribution < 1.29 is 0 Å². The summed E-state index contributed by atoms with van der Waals surface area (Å²) in [6, 6.07) is 10.7. The van der Waals surface area contributed by atoms with E-state index in [2.05, 4.69) is 41.0 Å². The van der Waals surface area contributed by atoms with Crippen LogP contribution < -0.4 is 4.31 Å². The van der Waals surface area contributed by atoms with E-state index in [1.165, 1.54) is 5.69 Å². The molecule has 1 fully saturated rings. The maximum Gasteiger partial charge on any atom is 0.179 e. The van der Waals surface area contributed by atoms with Gasteiger partial charge in [0.05, 0.1) is 0 Å². The summed E-state index contributed by atoms with van der Waals surface area (Å²) in [5.74, 6) is 0. The first-order valence-corrected chi connectivity index (χ1v) is 6.78. The summed E-state index contributed by atoms with van der Waals surface area (Å²) in [6.07, 6.45) is 3.27. The molecule has 96 valence electrons. The molecule has 1 saturated heterocycles. The van der Waals surface area contributed by atoms with Crippen molar-refractivity contribution in [2.75, 3.05) is 31.5 Å². The van der Waals surface area contributed by atoms with Gasteiger partial charge < -0.3 is 9.21 Å². The van der Waals surface area contributed by atoms with Crippen LogP contribution in [0.4, 0.5) is 5.69 Å². The number of nitriles is 1. The molecule has 1 unspecified atom stereocenters. The van der Waals surface area contributed by atoms with Gasteiger partial charge in [-0.25, -0.2) is 4.31 Å². The Labute approximate surface area is 113 Å². The normalized spacial score (nSPS) is 19.0. The third-order valence-electron chi connectivity index (χ3n) is 3.19. The molecule has 1 aromatic carbocycles. The van der Waals surface area contributed by atoms with Crippen LogP contribution in [0.1, 0.15) is 6.42 Å². The van der Waals surface area contributed by atoms with E-state index in [0.717, 1.165) is 19.5 Å². The molecule has 0 aliphatic carbocycles. The summed E-state index contributed by atoms with van der Waals surface area (Å²) in [7, 11) is 4.16. The third kappa shape index (κ3) is 3.09. The van der Waals surface area contributed by atoms with Crippen LogP contribution in [0.2, 0.25) is 0 Å². The van der Waals surface area contributed by atoms with Gasteiger partial charge in [0.15, 0.2) is 6.19 Å². The maximum atomic E-state index is 8.87. The summed E-state index contributed by atoms with van der Waals surface area (Å²) in [5.41, 5.74) is 1.18. The van der Waals surface area contributed by atoms with Crippen molar-refractivity contribution in [1.29, 1.82) is 5.26 Å².